The topological polar surface area (TPSA) is 0 Å². The van der Waals surface area contributed by atoms with Crippen LogP contribution in [0.5, 0.6) is 0 Å². The molecule has 0 aliphatic rings. The Labute approximate surface area is 149 Å². The third-order valence-corrected chi connectivity index (χ3v) is 7.86. The van der Waals surface area contributed by atoms with E-state index in [0.717, 1.165) is 0 Å². The summed E-state index contributed by atoms with van der Waals surface area (Å²) in [7, 11) is -0.783. The summed E-state index contributed by atoms with van der Waals surface area (Å²) in [5.74, 6) is 0. The molecule has 0 fully saturated rings. The predicted molar refractivity (Wildman–Crippen MR) is 112 cm³/mol. The Hall–Kier alpha value is -2.64. The van der Waals surface area contributed by atoms with Gasteiger partial charge < -0.3 is 0 Å². The highest BCUT2D eigenvalue weighted by Crippen LogP contribution is 2.33. The van der Waals surface area contributed by atoms with Crippen LogP contribution in [0.3, 0.4) is 0 Å². The molecule has 0 unspecified atom stereocenters. The Morgan fingerprint density at radius 1 is 0.600 bits per heavy atom. The van der Waals surface area contributed by atoms with Crippen molar-refractivity contribution < 1.29 is 0 Å². The zero-order valence-corrected chi connectivity index (χ0v) is 15.5. The van der Waals surface area contributed by atoms with Crippen molar-refractivity contribution in [3.05, 3.63) is 84.4 Å². The highest BCUT2D eigenvalue weighted by atomic mass is 28.3. The van der Waals surface area contributed by atoms with Gasteiger partial charge in [0.2, 0.25) is 0 Å². The summed E-state index contributed by atoms with van der Waals surface area (Å²) < 4.78 is 0. The lowest BCUT2D eigenvalue weighted by Crippen LogP contribution is -2.39. The Kier molecular flexibility index (Phi) is 3.19. The van der Waals surface area contributed by atoms with Crippen molar-refractivity contribution in [1.82, 2.24) is 0 Å². The van der Waals surface area contributed by atoms with Gasteiger partial charge in [-0.3, -0.25) is 0 Å². The molecule has 1 radical (unpaired) electrons. The first kappa shape index (κ1) is 14.7. The van der Waals surface area contributed by atoms with Crippen LogP contribution in [0.2, 0.25) is 6.55 Å². The van der Waals surface area contributed by atoms with Gasteiger partial charge in [-0.1, -0.05) is 96.2 Å². The maximum absolute atomic E-state index is 2.42. The van der Waals surface area contributed by atoms with E-state index in [4.69, 9.17) is 0 Å². The number of aryl methyl sites for hydroxylation is 1. The third kappa shape index (κ3) is 2.20. The largest absolute Gasteiger partial charge is 0.119 e. The van der Waals surface area contributed by atoms with E-state index in [2.05, 4.69) is 92.3 Å². The molecule has 1 heteroatoms. The summed E-state index contributed by atoms with van der Waals surface area (Å²) in [6.07, 6.45) is 0. The van der Waals surface area contributed by atoms with E-state index in [1.54, 1.807) is 0 Å². The predicted octanol–water partition coefficient (Wildman–Crippen LogP) is 5.13. The minimum atomic E-state index is -0.783. The van der Waals surface area contributed by atoms with E-state index < -0.39 is 8.80 Å². The molecule has 0 aliphatic heterocycles. The number of benzene rings is 5. The second kappa shape index (κ2) is 5.43. The first-order valence-corrected chi connectivity index (χ1v) is 10.8. The Balaban J connectivity index is 1.83. The van der Waals surface area contributed by atoms with Crippen LogP contribution in [0, 0.1) is 6.92 Å². The van der Waals surface area contributed by atoms with Gasteiger partial charge in [0.1, 0.15) is 8.80 Å². The SMILES string of the molecule is Cc1ccc([Si](C)c2ccc3ccc4cccc5ccc2c3c45)cc1. The molecular weight excluding hydrogens is 316 g/mol. The summed E-state index contributed by atoms with van der Waals surface area (Å²) in [5, 5.41) is 11.3. The fourth-order valence-electron chi connectivity index (χ4n) is 4.02. The molecule has 0 spiro atoms. The van der Waals surface area contributed by atoms with Crippen LogP contribution in [0.4, 0.5) is 0 Å². The van der Waals surface area contributed by atoms with Crippen molar-refractivity contribution in [1.29, 1.82) is 0 Å². The smallest absolute Gasteiger partial charge is 0.0628 e. The first-order chi connectivity index (χ1) is 12.2. The summed E-state index contributed by atoms with van der Waals surface area (Å²) >= 11 is 0. The molecular formula is C24H19Si. The van der Waals surface area contributed by atoms with E-state index in [0.29, 0.717) is 0 Å². The van der Waals surface area contributed by atoms with Crippen molar-refractivity contribution in [3.8, 4) is 0 Å². The first-order valence-electron chi connectivity index (χ1n) is 8.80. The fourth-order valence-corrected chi connectivity index (χ4v) is 5.94. The molecule has 0 saturated carbocycles. The van der Waals surface area contributed by atoms with Gasteiger partial charge in [-0.15, -0.1) is 0 Å². The van der Waals surface area contributed by atoms with Crippen LogP contribution in [0.1, 0.15) is 5.56 Å². The van der Waals surface area contributed by atoms with Gasteiger partial charge in [0, 0.05) is 0 Å². The van der Waals surface area contributed by atoms with E-state index in [-0.39, 0.29) is 0 Å². The second-order valence-electron chi connectivity index (χ2n) is 6.96. The summed E-state index contributed by atoms with van der Waals surface area (Å²) in [6.45, 7) is 4.57. The maximum Gasteiger partial charge on any atom is 0.119 e. The van der Waals surface area contributed by atoms with E-state index >= 15 is 0 Å². The van der Waals surface area contributed by atoms with Crippen molar-refractivity contribution in [2.24, 2.45) is 0 Å². The Morgan fingerprint density at radius 3 is 1.92 bits per heavy atom. The molecule has 0 aliphatic carbocycles. The number of hydrogen-bond acceptors (Lipinski definition) is 0. The molecule has 0 N–H and O–H groups in total. The molecule has 119 valence electrons. The quantitative estimate of drug-likeness (QED) is 0.310. The van der Waals surface area contributed by atoms with Gasteiger partial charge in [0.25, 0.3) is 0 Å². The molecule has 0 nitrogen and oxygen atoms in total. The normalized spacial score (nSPS) is 12.0. The van der Waals surface area contributed by atoms with Crippen LogP contribution < -0.4 is 10.4 Å². The standard InChI is InChI=1S/C24H19Si/c1-16-6-12-20(13-7-16)25(2)22-15-11-19-9-8-17-4-3-5-18-10-14-21(22)24(19)23(17)18/h3-15H,1-2H3. The zero-order chi connectivity index (χ0) is 17.0. The number of hydrogen-bond donors (Lipinski definition) is 0. The van der Waals surface area contributed by atoms with Gasteiger partial charge >= 0.3 is 0 Å². The van der Waals surface area contributed by atoms with E-state index in [1.165, 1.54) is 48.3 Å². The summed E-state index contributed by atoms with van der Waals surface area (Å²) in [6, 6.07) is 29.5. The van der Waals surface area contributed by atoms with Crippen molar-refractivity contribution >= 4 is 51.5 Å². The highest BCUT2D eigenvalue weighted by molar-refractivity contribution is 6.86. The second-order valence-corrected chi connectivity index (χ2v) is 9.33. The number of rotatable bonds is 2. The van der Waals surface area contributed by atoms with Gasteiger partial charge in [-0.05, 0) is 44.4 Å². The minimum absolute atomic E-state index is 0.783. The molecule has 5 aromatic rings. The average molecular weight is 336 g/mol. The molecule has 0 bridgehead atoms. The van der Waals surface area contributed by atoms with Crippen LogP contribution >= 0.6 is 0 Å². The molecule has 0 atom stereocenters. The monoisotopic (exact) mass is 335 g/mol. The molecule has 5 aromatic carbocycles. The third-order valence-electron chi connectivity index (χ3n) is 5.42. The molecule has 0 heterocycles. The Bertz CT molecular complexity index is 1190. The van der Waals surface area contributed by atoms with Crippen molar-refractivity contribution in [3.63, 3.8) is 0 Å². The summed E-state index contributed by atoms with van der Waals surface area (Å²) in [4.78, 5) is 0. The molecule has 0 amide bonds. The highest BCUT2D eigenvalue weighted by Gasteiger charge is 2.17. The fraction of sp³-hybridized carbons (Fsp3) is 0.0833. The van der Waals surface area contributed by atoms with Gasteiger partial charge in [0.05, 0.1) is 0 Å². The maximum atomic E-state index is 2.42. The van der Waals surface area contributed by atoms with Crippen LogP contribution in [-0.2, 0) is 0 Å². The molecule has 25 heavy (non-hydrogen) atoms. The van der Waals surface area contributed by atoms with Gasteiger partial charge in [-0.2, -0.15) is 0 Å². The molecule has 0 aromatic heterocycles. The Morgan fingerprint density at radius 2 is 1.20 bits per heavy atom. The van der Waals surface area contributed by atoms with Gasteiger partial charge in [-0.25, -0.2) is 0 Å². The lowest BCUT2D eigenvalue weighted by atomic mass is 9.94. The summed E-state index contributed by atoms with van der Waals surface area (Å²) in [5.41, 5.74) is 1.33. The van der Waals surface area contributed by atoms with Crippen molar-refractivity contribution in [2.75, 3.05) is 0 Å². The van der Waals surface area contributed by atoms with E-state index in [1.807, 2.05) is 0 Å². The minimum Gasteiger partial charge on any atom is -0.0628 e. The average Bonchev–Trinajstić information content (AvgIpc) is 2.66. The van der Waals surface area contributed by atoms with Crippen LogP contribution in [0.25, 0.3) is 32.3 Å². The van der Waals surface area contributed by atoms with E-state index in [9.17, 15) is 0 Å². The van der Waals surface area contributed by atoms with Gasteiger partial charge in [0.15, 0.2) is 0 Å². The zero-order valence-electron chi connectivity index (χ0n) is 14.5. The van der Waals surface area contributed by atoms with Crippen molar-refractivity contribution in [2.45, 2.75) is 13.5 Å². The molecule has 5 rings (SSSR count). The molecule has 0 saturated heterocycles. The lowest BCUT2D eigenvalue weighted by Gasteiger charge is -2.17. The van der Waals surface area contributed by atoms with Crippen LogP contribution in [-0.4, -0.2) is 8.80 Å². The lowest BCUT2D eigenvalue weighted by molar-refractivity contribution is 1.49. The van der Waals surface area contributed by atoms with Crippen LogP contribution in [0.15, 0.2) is 78.9 Å².